The van der Waals surface area contributed by atoms with Crippen molar-refractivity contribution in [1.29, 1.82) is 0 Å². The summed E-state index contributed by atoms with van der Waals surface area (Å²) < 4.78 is 0. The normalized spacial score (nSPS) is 22.2. The molecule has 0 saturated carbocycles. The fourth-order valence-electron chi connectivity index (χ4n) is 1.48. The molecule has 7 heteroatoms. The molecule has 0 aliphatic carbocycles. The number of carboxylic acid groups (broad SMARTS) is 2. The molecule has 7 nitrogen and oxygen atoms in total. The van der Waals surface area contributed by atoms with Crippen LogP contribution in [0.25, 0.3) is 0 Å². The summed E-state index contributed by atoms with van der Waals surface area (Å²) in [5, 5.41) is 17.5. The molecule has 1 fully saturated rings. The number of carbonyl (C=O) groups is 2. The minimum Gasteiger partial charge on any atom is -0.465 e. The number of hydrogen-bond donors (Lipinski definition) is 3. The van der Waals surface area contributed by atoms with Gasteiger partial charge in [0.1, 0.15) is 0 Å². The van der Waals surface area contributed by atoms with Gasteiger partial charge in [-0.15, -0.1) is 0 Å². The van der Waals surface area contributed by atoms with Crippen molar-refractivity contribution in [2.24, 2.45) is 5.73 Å². The van der Waals surface area contributed by atoms with E-state index in [2.05, 4.69) is 0 Å². The first kappa shape index (κ1) is 10.6. The smallest absolute Gasteiger partial charge is 0.407 e. The van der Waals surface area contributed by atoms with Crippen LogP contribution in [-0.2, 0) is 0 Å². The fourth-order valence-corrected chi connectivity index (χ4v) is 1.48. The van der Waals surface area contributed by atoms with E-state index in [1.165, 1.54) is 9.80 Å². The standard InChI is InChI=1S/C7H13N3O4/c8-3-5-4-9(6(11)12)1-2-10(5)7(13)14/h5H,1-4,8H2,(H,11,12)(H,13,14). The molecular weight excluding hydrogens is 190 g/mol. The average molecular weight is 203 g/mol. The maximum atomic E-state index is 10.7. The zero-order chi connectivity index (χ0) is 10.7. The van der Waals surface area contributed by atoms with E-state index in [0.717, 1.165) is 0 Å². The first-order valence-corrected chi connectivity index (χ1v) is 4.23. The highest BCUT2D eigenvalue weighted by atomic mass is 16.4. The molecule has 1 atom stereocenters. The second-order valence-electron chi connectivity index (χ2n) is 3.09. The summed E-state index contributed by atoms with van der Waals surface area (Å²) in [5.74, 6) is 0. The second-order valence-corrected chi connectivity index (χ2v) is 3.09. The van der Waals surface area contributed by atoms with Gasteiger partial charge in [0.25, 0.3) is 0 Å². The van der Waals surface area contributed by atoms with E-state index in [-0.39, 0.29) is 26.2 Å². The van der Waals surface area contributed by atoms with E-state index in [1.54, 1.807) is 0 Å². The van der Waals surface area contributed by atoms with Crippen molar-refractivity contribution in [2.45, 2.75) is 6.04 Å². The predicted octanol–water partition coefficient (Wildman–Crippen LogP) is -0.713. The zero-order valence-electron chi connectivity index (χ0n) is 7.59. The highest BCUT2D eigenvalue weighted by Gasteiger charge is 2.31. The Labute approximate surface area is 80.7 Å². The summed E-state index contributed by atoms with van der Waals surface area (Å²) in [7, 11) is 0. The summed E-state index contributed by atoms with van der Waals surface area (Å²) in [6.45, 7) is 0.676. The molecule has 1 unspecified atom stereocenters. The number of hydrogen-bond acceptors (Lipinski definition) is 3. The Morgan fingerprint density at radius 2 is 1.93 bits per heavy atom. The van der Waals surface area contributed by atoms with Crippen LogP contribution in [0.3, 0.4) is 0 Å². The van der Waals surface area contributed by atoms with E-state index in [9.17, 15) is 9.59 Å². The lowest BCUT2D eigenvalue weighted by molar-refractivity contribution is 0.0663. The molecular formula is C7H13N3O4. The van der Waals surface area contributed by atoms with Gasteiger partial charge in [-0.2, -0.15) is 0 Å². The highest BCUT2D eigenvalue weighted by molar-refractivity contribution is 5.68. The monoisotopic (exact) mass is 203 g/mol. The van der Waals surface area contributed by atoms with Gasteiger partial charge in [-0.25, -0.2) is 9.59 Å². The fraction of sp³-hybridized carbons (Fsp3) is 0.714. The molecule has 1 heterocycles. The number of nitrogens with zero attached hydrogens (tertiary/aromatic N) is 2. The van der Waals surface area contributed by atoms with E-state index >= 15 is 0 Å². The molecule has 1 aliphatic heterocycles. The Bertz CT molecular complexity index is 245. The minimum absolute atomic E-state index is 0.135. The van der Waals surface area contributed by atoms with Gasteiger partial charge < -0.3 is 25.7 Å². The minimum atomic E-state index is -1.05. The van der Waals surface area contributed by atoms with Crippen LogP contribution in [0.4, 0.5) is 9.59 Å². The summed E-state index contributed by atoms with van der Waals surface area (Å²) in [5.41, 5.74) is 5.37. The summed E-state index contributed by atoms with van der Waals surface area (Å²) >= 11 is 0. The lowest BCUT2D eigenvalue weighted by Gasteiger charge is -2.37. The Balaban J connectivity index is 2.63. The largest absolute Gasteiger partial charge is 0.465 e. The van der Waals surface area contributed by atoms with Gasteiger partial charge in [-0.1, -0.05) is 0 Å². The molecule has 0 aromatic rings. The van der Waals surface area contributed by atoms with Crippen LogP contribution < -0.4 is 5.73 Å². The molecule has 1 rings (SSSR count). The number of nitrogens with two attached hydrogens (primary N) is 1. The van der Waals surface area contributed by atoms with Crippen molar-refractivity contribution >= 4 is 12.2 Å². The molecule has 1 aliphatic rings. The van der Waals surface area contributed by atoms with E-state index < -0.39 is 18.2 Å². The highest BCUT2D eigenvalue weighted by Crippen LogP contribution is 2.09. The van der Waals surface area contributed by atoms with Crippen LogP contribution in [0, 0.1) is 0 Å². The first-order chi connectivity index (χ1) is 6.56. The van der Waals surface area contributed by atoms with Crippen LogP contribution in [0.5, 0.6) is 0 Å². The van der Waals surface area contributed by atoms with Crippen LogP contribution in [-0.4, -0.2) is 64.4 Å². The van der Waals surface area contributed by atoms with Crippen LogP contribution in [0.1, 0.15) is 0 Å². The SMILES string of the molecule is NCC1CN(C(=O)O)CCN1C(=O)O. The molecule has 0 aromatic carbocycles. The van der Waals surface area contributed by atoms with Gasteiger partial charge in [0.2, 0.25) is 0 Å². The van der Waals surface area contributed by atoms with Gasteiger partial charge in [-0.3, -0.25) is 0 Å². The lowest BCUT2D eigenvalue weighted by atomic mass is 10.2. The third kappa shape index (κ3) is 2.05. The van der Waals surface area contributed by atoms with Gasteiger partial charge in [-0.05, 0) is 0 Å². The quantitative estimate of drug-likeness (QED) is 0.521. The van der Waals surface area contributed by atoms with Crippen molar-refractivity contribution in [3.05, 3.63) is 0 Å². The Morgan fingerprint density at radius 3 is 2.36 bits per heavy atom. The summed E-state index contributed by atoms with van der Waals surface area (Å²) in [4.78, 5) is 23.7. The third-order valence-electron chi connectivity index (χ3n) is 2.27. The van der Waals surface area contributed by atoms with E-state index in [4.69, 9.17) is 15.9 Å². The zero-order valence-corrected chi connectivity index (χ0v) is 7.59. The van der Waals surface area contributed by atoms with E-state index in [0.29, 0.717) is 0 Å². The van der Waals surface area contributed by atoms with Crippen LogP contribution in [0.2, 0.25) is 0 Å². The number of amides is 2. The molecule has 2 amide bonds. The molecule has 80 valence electrons. The molecule has 1 saturated heterocycles. The molecule has 0 aromatic heterocycles. The predicted molar refractivity (Wildman–Crippen MR) is 47.2 cm³/mol. The number of rotatable bonds is 1. The molecule has 4 N–H and O–H groups in total. The first-order valence-electron chi connectivity index (χ1n) is 4.23. The van der Waals surface area contributed by atoms with Crippen molar-refractivity contribution in [1.82, 2.24) is 9.80 Å². The number of piperazine rings is 1. The van der Waals surface area contributed by atoms with Crippen molar-refractivity contribution < 1.29 is 19.8 Å². The average Bonchev–Trinajstić information content (AvgIpc) is 2.16. The third-order valence-corrected chi connectivity index (χ3v) is 2.27. The Hall–Kier alpha value is -1.50. The lowest BCUT2D eigenvalue weighted by Crippen LogP contribution is -2.58. The van der Waals surface area contributed by atoms with E-state index in [1.807, 2.05) is 0 Å². The molecule has 0 spiro atoms. The van der Waals surface area contributed by atoms with Gasteiger partial charge >= 0.3 is 12.2 Å². The van der Waals surface area contributed by atoms with Gasteiger partial charge in [0.05, 0.1) is 6.04 Å². The molecule has 14 heavy (non-hydrogen) atoms. The van der Waals surface area contributed by atoms with Crippen molar-refractivity contribution in [2.75, 3.05) is 26.2 Å². The van der Waals surface area contributed by atoms with Crippen LogP contribution in [0.15, 0.2) is 0 Å². The Morgan fingerprint density at radius 1 is 1.29 bits per heavy atom. The maximum Gasteiger partial charge on any atom is 0.407 e. The topological polar surface area (TPSA) is 107 Å². The molecule has 0 bridgehead atoms. The summed E-state index contributed by atoms with van der Waals surface area (Å²) in [6.07, 6.45) is -2.08. The van der Waals surface area contributed by atoms with Gasteiger partial charge in [0.15, 0.2) is 0 Å². The summed E-state index contributed by atoms with van der Waals surface area (Å²) in [6, 6.07) is -0.433. The van der Waals surface area contributed by atoms with Crippen molar-refractivity contribution in [3.8, 4) is 0 Å². The van der Waals surface area contributed by atoms with Gasteiger partial charge in [0, 0.05) is 26.2 Å². The Kier molecular flexibility index (Phi) is 3.13. The molecule has 0 radical (unpaired) electrons. The second kappa shape index (κ2) is 4.14. The van der Waals surface area contributed by atoms with Crippen LogP contribution >= 0.6 is 0 Å². The van der Waals surface area contributed by atoms with Crippen molar-refractivity contribution in [3.63, 3.8) is 0 Å². The maximum absolute atomic E-state index is 10.7.